The van der Waals surface area contributed by atoms with E-state index in [0.717, 1.165) is 5.56 Å². The minimum atomic E-state index is -1.00. The quantitative estimate of drug-likeness (QED) is 0.564. The molecule has 0 aromatic heterocycles. The zero-order valence-electron chi connectivity index (χ0n) is 16.0. The molecule has 0 aliphatic rings. The van der Waals surface area contributed by atoms with E-state index in [1.807, 2.05) is 13.8 Å². The van der Waals surface area contributed by atoms with Gasteiger partial charge in [-0.15, -0.1) is 0 Å². The van der Waals surface area contributed by atoms with Crippen molar-refractivity contribution in [3.05, 3.63) is 71.0 Å². The number of amides is 2. The molecule has 2 N–H and O–H groups in total. The van der Waals surface area contributed by atoms with E-state index < -0.39 is 23.7 Å². The molecule has 0 aliphatic carbocycles. The summed E-state index contributed by atoms with van der Waals surface area (Å²) in [5, 5.41) is 5.43. The molecule has 2 amide bonds. The highest BCUT2D eigenvalue weighted by atomic mass is 19.1. The molecule has 0 saturated heterocycles. The van der Waals surface area contributed by atoms with Gasteiger partial charge >= 0.3 is 12.0 Å². The number of hydrogen-bond donors (Lipinski definition) is 2. The minimum absolute atomic E-state index is 0.0387. The maximum Gasteiger partial charge on any atom is 0.338 e. The molecule has 2 rings (SSSR count). The fourth-order valence-corrected chi connectivity index (χ4v) is 2.39. The maximum absolute atomic E-state index is 12.9. The number of nitrogens with one attached hydrogen (secondary N) is 2. The molecule has 0 unspecified atom stereocenters. The number of esters is 1. The third-order valence-electron chi connectivity index (χ3n) is 3.84. The molecule has 0 aliphatic heterocycles. The molecule has 7 heteroatoms. The summed E-state index contributed by atoms with van der Waals surface area (Å²) in [7, 11) is 0. The molecule has 6 nitrogen and oxygen atoms in total. The van der Waals surface area contributed by atoms with E-state index in [2.05, 4.69) is 10.6 Å². The standard InChI is InChI=1S/C21H23FN2O4/c1-13(2)24-21(27)23-12-15-4-6-17(7-5-15)20(26)28-14(3)19(25)16-8-10-18(22)11-9-16/h4-11,13-14H,12H2,1-3H3,(H2,23,24,27)/t14-/m0/s1. The Morgan fingerprint density at radius 2 is 1.50 bits per heavy atom. The topological polar surface area (TPSA) is 84.5 Å². The normalized spacial score (nSPS) is 11.6. The van der Waals surface area contributed by atoms with Crippen LogP contribution >= 0.6 is 0 Å². The van der Waals surface area contributed by atoms with Crippen LogP contribution in [0.3, 0.4) is 0 Å². The average molecular weight is 386 g/mol. The second-order valence-electron chi connectivity index (χ2n) is 6.60. The highest BCUT2D eigenvalue weighted by Gasteiger charge is 2.20. The summed E-state index contributed by atoms with van der Waals surface area (Å²) in [6.07, 6.45) is -1.00. The smallest absolute Gasteiger partial charge is 0.338 e. The van der Waals surface area contributed by atoms with Crippen molar-refractivity contribution >= 4 is 17.8 Å². The van der Waals surface area contributed by atoms with Gasteiger partial charge in [0.2, 0.25) is 5.78 Å². The Labute approximate surface area is 163 Å². The van der Waals surface area contributed by atoms with Gasteiger partial charge in [-0.3, -0.25) is 4.79 Å². The lowest BCUT2D eigenvalue weighted by Crippen LogP contribution is -2.39. The van der Waals surface area contributed by atoms with E-state index in [1.54, 1.807) is 24.3 Å². The molecular formula is C21H23FN2O4. The van der Waals surface area contributed by atoms with Crippen molar-refractivity contribution in [1.82, 2.24) is 10.6 Å². The second kappa shape index (κ2) is 9.64. The molecule has 2 aromatic rings. The molecule has 0 fully saturated rings. The summed E-state index contributed by atoms with van der Waals surface area (Å²) >= 11 is 0. The summed E-state index contributed by atoms with van der Waals surface area (Å²) in [4.78, 5) is 36.1. The van der Waals surface area contributed by atoms with Gasteiger partial charge < -0.3 is 15.4 Å². The third-order valence-corrected chi connectivity index (χ3v) is 3.84. The number of benzene rings is 2. The van der Waals surface area contributed by atoms with Crippen molar-refractivity contribution in [3.8, 4) is 0 Å². The van der Waals surface area contributed by atoms with E-state index in [9.17, 15) is 18.8 Å². The van der Waals surface area contributed by atoms with Crippen LogP contribution in [0.5, 0.6) is 0 Å². The Balaban J connectivity index is 1.90. The first kappa shape index (κ1) is 21.1. The summed E-state index contributed by atoms with van der Waals surface area (Å²) in [5.41, 5.74) is 1.36. The monoisotopic (exact) mass is 386 g/mol. The molecule has 28 heavy (non-hydrogen) atoms. The van der Waals surface area contributed by atoms with Gasteiger partial charge in [-0.05, 0) is 62.7 Å². The Hall–Kier alpha value is -3.22. The molecule has 0 radical (unpaired) electrons. The lowest BCUT2D eigenvalue weighted by molar-refractivity contribution is 0.0318. The van der Waals surface area contributed by atoms with Gasteiger partial charge in [0.1, 0.15) is 5.82 Å². The number of carbonyl (C=O) groups excluding carboxylic acids is 3. The summed E-state index contributed by atoms with van der Waals surface area (Å²) in [6, 6.07) is 11.3. The van der Waals surface area contributed by atoms with Crippen molar-refractivity contribution in [2.45, 2.75) is 39.5 Å². The Bertz CT molecular complexity index is 832. The molecule has 1 atom stereocenters. The van der Waals surface area contributed by atoms with E-state index in [1.165, 1.54) is 31.2 Å². The summed E-state index contributed by atoms with van der Waals surface area (Å²) < 4.78 is 18.1. The molecule has 0 bridgehead atoms. The molecule has 2 aromatic carbocycles. The fraction of sp³-hybridized carbons (Fsp3) is 0.286. The van der Waals surface area contributed by atoms with E-state index in [-0.39, 0.29) is 23.2 Å². The fourth-order valence-electron chi connectivity index (χ4n) is 2.39. The minimum Gasteiger partial charge on any atom is -0.451 e. The van der Waals surface area contributed by atoms with Crippen LogP contribution in [0.4, 0.5) is 9.18 Å². The van der Waals surface area contributed by atoms with Crippen molar-refractivity contribution < 1.29 is 23.5 Å². The van der Waals surface area contributed by atoms with Crippen LogP contribution in [0.15, 0.2) is 48.5 Å². The number of ketones is 1. The van der Waals surface area contributed by atoms with Crippen LogP contribution in [0.1, 0.15) is 47.1 Å². The molecular weight excluding hydrogens is 363 g/mol. The van der Waals surface area contributed by atoms with Crippen LogP contribution < -0.4 is 10.6 Å². The molecule has 148 valence electrons. The predicted octanol–water partition coefficient (Wildman–Crippen LogP) is 3.46. The zero-order valence-corrected chi connectivity index (χ0v) is 16.0. The number of urea groups is 1. The number of ether oxygens (including phenoxy) is 1. The SMILES string of the molecule is CC(C)NC(=O)NCc1ccc(C(=O)O[C@@H](C)C(=O)c2ccc(F)cc2)cc1. The summed E-state index contributed by atoms with van der Waals surface area (Å²) in [5.74, 6) is -1.50. The molecule has 0 spiro atoms. The Kier molecular flexibility index (Phi) is 7.26. The largest absolute Gasteiger partial charge is 0.451 e. The summed E-state index contributed by atoms with van der Waals surface area (Å²) in [6.45, 7) is 5.51. The Morgan fingerprint density at radius 3 is 2.07 bits per heavy atom. The lowest BCUT2D eigenvalue weighted by Gasteiger charge is -2.13. The molecule has 0 heterocycles. The highest BCUT2D eigenvalue weighted by Crippen LogP contribution is 2.12. The number of halogens is 1. The van der Waals surface area contributed by atoms with Crippen LogP contribution in [-0.2, 0) is 11.3 Å². The van der Waals surface area contributed by atoms with Crippen LogP contribution in [0, 0.1) is 5.82 Å². The second-order valence-corrected chi connectivity index (χ2v) is 6.60. The molecule has 0 saturated carbocycles. The van der Waals surface area contributed by atoms with E-state index in [0.29, 0.717) is 6.54 Å². The van der Waals surface area contributed by atoms with Crippen molar-refractivity contribution in [2.75, 3.05) is 0 Å². The van der Waals surface area contributed by atoms with Crippen molar-refractivity contribution in [1.29, 1.82) is 0 Å². The van der Waals surface area contributed by atoms with Crippen LogP contribution in [-0.4, -0.2) is 29.9 Å². The van der Waals surface area contributed by atoms with Gasteiger partial charge in [0.05, 0.1) is 5.56 Å². The van der Waals surface area contributed by atoms with Crippen molar-refractivity contribution in [3.63, 3.8) is 0 Å². The maximum atomic E-state index is 12.9. The van der Waals surface area contributed by atoms with Crippen LogP contribution in [0.25, 0.3) is 0 Å². The number of hydrogen-bond acceptors (Lipinski definition) is 4. The van der Waals surface area contributed by atoms with Gasteiger partial charge in [-0.25, -0.2) is 14.0 Å². The number of carbonyl (C=O) groups is 3. The number of rotatable bonds is 7. The number of Topliss-reactive ketones (excluding diaryl/α,β-unsaturated/α-hetero) is 1. The van der Waals surface area contributed by atoms with Gasteiger partial charge in [0.25, 0.3) is 0 Å². The lowest BCUT2D eigenvalue weighted by atomic mass is 10.1. The average Bonchev–Trinajstić information content (AvgIpc) is 2.66. The van der Waals surface area contributed by atoms with E-state index in [4.69, 9.17) is 4.74 Å². The van der Waals surface area contributed by atoms with Gasteiger partial charge in [0.15, 0.2) is 6.10 Å². The Morgan fingerprint density at radius 1 is 0.929 bits per heavy atom. The van der Waals surface area contributed by atoms with Gasteiger partial charge in [-0.2, -0.15) is 0 Å². The van der Waals surface area contributed by atoms with Crippen molar-refractivity contribution in [2.24, 2.45) is 0 Å². The highest BCUT2D eigenvalue weighted by molar-refractivity contribution is 6.01. The third kappa shape index (κ3) is 6.19. The first-order valence-electron chi connectivity index (χ1n) is 8.90. The first-order chi connectivity index (χ1) is 13.3. The van der Waals surface area contributed by atoms with Gasteiger partial charge in [0, 0.05) is 18.2 Å². The zero-order chi connectivity index (χ0) is 20.7. The first-order valence-corrected chi connectivity index (χ1v) is 8.90. The predicted molar refractivity (Wildman–Crippen MR) is 103 cm³/mol. The van der Waals surface area contributed by atoms with Crippen LogP contribution in [0.2, 0.25) is 0 Å². The van der Waals surface area contributed by atoms with Gasteiger partial charge in [-0.1, -0.05) is 12.1 Å². The van der Waals surface area contributed by atoms with E-state index >= 15 is 0 Å².